The molecule has 0 bridgehead atoms. The molecular formula is C76H85N7O6S3. The third-order valence-corrected chi connectivity index (χ3v) is 19.4. The summed E-state index contributed by atoms with van der Waals surface area (Å²) in [7, 11) is 0. The van der Waals surface area contributed by atoms with Crippen LogP contribution in [0.4, 0.5) is 0 Å². The molecule has 2 amide bonds. The Bertz CT molecular complexity index is 3130. The molecule has 0 radical (unpaired) electrons. The molecule has 0 aliphatic carbocycles. The lowest BCUT2D eigenvalue weighted by Crippen LogP contribution is -2.32. The van der Waals surface area contributed by atoms with E-state index >= 15 is 0 Å². The van der Waals surface area contributed by atoms with E-state index in [1.54, 1.807) is 36.0 Å². The van der Waals surface area contributed by atoms with Crippen LogP contribution in [0.2, 0.25) is 0 Å². The van der Waals surface area contributed by atoms with Crippen LogP contribution >= 0.6 is 35.3 Å². The summed E-state index contributed by atoms with van der Waals surface area (Å²) in [6, 6.07) is 102. The van der Waals surface area contributed by atoms with Crippen molar-refractivity contribution in [3.8, 4) is 0 Å². The van der Waals surface area contributed by atoms with E-state index in [9.17, 15) is 9.59 Å². The topological polar surface area (TPSA) is 230 Å². The Labute approximate surface area is 556 Å². The Hall–Kier alpha value is -8.01. The third-order valence-electron chi connectivity index (χ3n) is 14.9. The summed E-state index contributed by atoms with van der Waals surface area (Å²) in [5.41, 5.74) is 11.7. The highest BCUT2D eigenvalue weighted by atomic mass is 32.2. The highest BCUT2D eigenvalue weighted by molar-refractivity contribution is 8.01. The Morgan fingerprint density at radius 3 is 0.707 bits per heavy atom. The van der Waals surface area contributed by atoms with Gasteiger partial charge in [-0.15, -0.1) is 40.3 Å². The SMILES string of the molecule is C.C1CCOC1.NN.NN.NOCCSC(c1ccccc1)(c1ccccc1)c1ccccc1.NOCCSC(c1ccccc1)(c1ccccc1)c1ccccc1.O=C1c2ccccc2C(=O)N1OCCSC(c1ccccc1)(c1ccccc1)c1ccccc1. The minimum atomic E-state index is -0.477. The van der Waals surface area contributed by atoms with Crippen LogP contribution in [0.15, 0.2) is 297 Å². The predicted molar refractivity (Wildman–Crippen MR) is 382 cm³/mol. The predicted octanol–water partition coefficient (Wildman–Crippen LogP) is 14.2. The second-order valence-electron chi connectivity index (χ2n) is 20.2. The van der Waals surface area contributed by atoms with Crippen LogP contribution in [0.3, 0.4) is 0 Å². The molecule has 10 aromatic rings. The number of imide groups is 1. The largest absolute Gasteiger partial charge is 0.381 e. The highest BCUT2D eigenvalue weighted by Crippen LogP contribution is 2.51. The van der Waals surface area contributed by atoms with E-state index in [0.29, 0.717) is 30.1 Å². The van der Waals surface area contributed by atoms with Crippen molar-refractivity contribution in [2.75, 3.05) is 50.3 Å². The Kier molecular flexibility index (Phi) is 31.8. The lowest BCUT2D eigenvalue weighted by molar-refractivity contribution is -0.0853. The molecule has 0 atom stereocenters. The number of carbonyl (C=O) groups is 2. The quantitative estimate of drug-likeness (QED) is 0.0122. The molecule has 1 fully saturated rings. The van der Waals surface area contributed by atoms with Gasteiger partial charge in [0.05, 0.1) is 45.2 Å². The van der Waals surface area contributed by atoms with Crippen molar-refractivity contribution in [2.45, 2.75) is 34.5 Å². The van der Waals surface area contributed by atoms with E-state index in [2.05, 4.69) is 242 Å². The fourth-order valence-electron chi connectivity index (χ4n) is 10.9. The molecule has 2 aliphatic heterocycles. The molecule has 0 unspecified atom stereocenters. The number of rotatable bonds is 22. The fraction of sp³-hybridized carbons (Fsp3) is 0.184. The van der Waals surface area contributed by atoms with Gasteiger partial charge < -0.3 is 14.4 Å². The summed E-state index contributed by atoms with van der Waals surface area (Å²) in [6.45, 7) is 3.24. The van der Waals surface area contributed by atoms with E-state index in [-0.39, 0.29) is 23.5 Å². The summed E-state index contributed by atoms with van der Waals surface area (Å²) in [5, 5.41) is 0.889. The number of ether oxygens (including phenoxy) is 1. The number of hydroxylamine groups is 2. The maximum absolute atomic E-state index is 12.6. The van der Waals surface area contributed by atoms with Crippen molar-refractivity contribution in [3.05, 3.63) is 358 Å². The van der Waals surface area contributed by atoms with Gasteiger partial charge in [-0.1, -0.05) is 293 Å². The first kappa shape index (κ1) is 73.0. The van der Waals surface area contributed by atoms with Crippen LogP contribution in [0.5, 0.6) is 0 Å². The van der Waals surface area contributed by atoms with Crippen molar-refractivity contribution in [3.63, 3.8) is 0 Å². The smallest absolute Gasteiger partial charge is 0.285 e. The number of amides is 2. The summed E-state index contributed by atoms with van der Waals surface area (Å²) >= 11 is 5.42. The third kappa shape index (κ3) is 18.6. The zero-order valence-electron chi connectivity index (χ0n) is 50.9. The van der Waals surface area contributed by atoms with Gasteiger partial charge in [-0.25, -0.2) is 11.8 Å². The van der Waals surface area contributed by atoms with Gasteiger partial charge >= 0.3 is 0 Å². The molecule has 92 heavy (non-hydrogen) atoms. The van der Waals surface area contributed by atoms with Gasteiger partial charge in [0.1, 0.15) is 0 Å². The van der Waals surface area contributed by atoms with Gasteiger partial charge in [0.25, 0.3) is 11.8 Å². The second-order valence-corrected chi connectivity index (χ2v) is 24.2. The van der Waals surface area contributed by atoms with Crippen molar-refractivity contribution in [1.29, 1.82) is 0 Å². The summed E-state index contributed by atoms with van der Waals surface area (Å²) in [5.74, 6) is 27.9. The van der Waals surface area contributed by atoms with Crippen LogP contribution in [0.25, 0.3) is 0 Å². The number of thioether (sulfide) groups is 3. The van der Waals surface area contributed by atoms with Crippen molar-refractivity contribution >= 4 is 47.1 Å². The average Bonchev–Trinajstić information content (AvgIpc) is 1.17. The number of fused-ring (bicyclic) bond motifs is 1. The van der Waals surface area contributed by atoms with E-state index in [1.165, 1.54) is 46.2 Å². The van der Waals surface area contributed by atoms with Crippen LogP contribution in [0.1, 0.15) is 91.1 Å². The summed E-state index contributed by atoms with van der Waals surface area (Å²) < 4.78 is 3.89. The number of hydrazine groups is 2. The molecule has 12 rings (SSSR count). The van der Waals surface area contributed by atoms with Gasteiger partial charge in [-0.3, -0.25) is 37.8 Å². The molecule has 2 aliphatic rings. The molecule has 1 saturated heterocycles. The standard InChI is InChI=1S/C29H23NO3S.2C21H21NOS.C4H8O.CH4.2H4N2/c31-27-25-18-10-11-19-26(25)28(32)30(27)33-20-21-34-29(22-12-4-1-5-13-22,23-14-6-2-7-15-23)24-16-8-3-9-17-24;2*22-23-16-17-24-21(18-10-4-1-5-11-18,19-12-6-2-7-13-19)20-14-8-3-9-15-20;1-2-4-5-3-1;;2*1-2/h1-19H,20-21H2;2*1-15H,16-17,22H2;1-4H2;1H4;2*1-2H2. The van der Waals surface area contributed by atoms with E-state index in [4.69, 9.17) is 31.0 Å². The van der Waals surface area contributed by atoms with Crippen molar-refractivity contribution < 1.29 is 28.8 Å². The van der Waals surface area contributed by atoms with Crippen molar-refractivity contribution in [2.24, 2.45) is 35.2 Å². The van der Waals surface area contributed by atoms with Crippen molar-refractivity contribution in [1.82, 2.24) is 5.06 Å². The molecular weight excluding hydrogens is 1200 g/mol. The molecule has 478 valence electrons. The fourth-order valence-corrected chi connectivity index (χ4v) is 15.1. The number of nitrogens with two attached hydrogens (primary N) is 6. The second kappa shape index (κ2) is 40.1. The lowest BCUT2D eigenvalue weighted by atomic mass is 9.84. The molecule has 12 N–H and O–H groups in total. The maximum Gasteiger partial charge on any atom is 0.285 e. The molecule has 16 heteroatoms. The highest BCUT2D eigenvalue weighted by Gasteiger charge is 2.40. The van der Waals surface area contributed by atoms with Gasteiger partial charge in [0.15, 0.2) is 0 Å². The van der Waals surface area contributed by atoms with Crippen LogP contribution in [0, 0.1) is 0 Å². The Morgan fingerprint density at radius 2 is 0.522 bits per heavy atom. The first-order valence-electron chi connectivity index (χ1n) is 29.9. The maximum atomic E-state index is 12.6. The van der Waals surface area contributed by atoms with Crippen LogP contribution < -0.4 is 35.2 Å². The van der Waals surface area contributed by atoms with E-state index in [0.717, 1.165) is 46.5 Å². The Balaban J connectivity index is 0.000000208. The van der Waals surface area contributed by atoms with Crippen LogP contribution in [-0.2, 0) is 33.5 Å². The number of carbonyl (C=O) groups excluding carboxylic acids is 2. The van der Waals surface area contributed by atoms with Gasteiger partial charge in [-0.05, 0) is 75.0 Å². The number of benzene rings is 10. The van der Waals surface area contributed by atoms with Gasteiger partial charge in [0.2, 0.25) is 0 Å². The monoisotopic (exact) mass is 1290 g/mol. The molecule has 10 aromatic carbocycles. The van der Waals surface area contributed by atoms with E-state index in [1.807, 2.05) is 78.1 Å². The first-order chi connectivity index (χ1) is 45.0. The zero-order chi connectivity index (χ0) is 64.3. The van der Waals surface area contributed by atoms with Gasteiger partial charge in [0, 0.05) is 30.5 Å². The lowest BCUT2D eigenvalue weighted by Gasteiger charge is -2.35. The summed E-state index contributed by atoms with van der Waals surface area (Å²) in [6.07, 6.45) is 2.56. The van der Waals surface area contributed by atoms with E-state index < -0.39 is 16.6 Å². The minimum Gasteiger partial charge on any atom is -0.381 e. The molecule has 2 heterocycles. The minimum absolute atomic E-state index is 0. The molecule has 0 aromatic heterocycles. The Morgan fingerprint density at radius 1 is 0.326 bits per heavy atom. The number of hydrogen-bond acceptors (Lipinski definition) is 15. The normalized spacial score (nSPS) is 12.3. The zero-order valence-corrected chi connectivity index (χ0v) is 53.4. The number of hydrogen-bond donors (Lipinski definition) is 6. The number of nitrogens with zero attached hydrogens (tertiary/aromatic N) is 1. The van der Waals surface area contributed by atoms with Crippen LogP contribution in [-0.4, -0.2) is 67.2 Å². The average molecular weight is 1290 g/mol. The molecule has 0 spiro atoms. The summed E-state index contributed by atoms with van der Waals surface area (Å²) in [4.78, 5) is 40.6. The first-order valence-corrected chi connectivity index (χ1v) is 32.8. The van der Waals surface area contributed by atoms with Gasteiger partial charge in [-0.2, -0.15) is 0 Å². The molecule has 13 nitrogen and oxygen atoms in total. The molecule has 0 saturated carbocycles.